The quantitative estimate of drug-likeness (QED) is 0.339. The van der Waals surface area contributed by atoms with E-state index in [-0.39, 0.29) is 12.2 Å². The molecule has 17 heavy (non-hydrogen) atoms. The molecule has 1 unspecified atom stereocenters. The number of nitrogens with two attached hydrogens (primary N) is 1. The third kappa shape index (κ3) is 3.17. The second kappa shape index (κ2) is 5.29. The van der Waals surface area contributed by atoms with Gasteiger partial charge in [-0.3, -0.25) is 14.3 Å². The summed E-state index contributed by atoms with van der Waals surface area (Å²) in [4.78, 5) is 27.3. The minimum atomic E-state index is -0.910. The SMILES string of the molecule is C=C(C)C(=O)C(Cc1cn(N)cn1)C(=O)OC. The Bertz CT molecular complexity index is 451. The average Bonchev–Trinajstić information content (AvgIpc) is 2.69. The van der Waals surface area contributed by atoms with Crippen LogP contribution in [0.5, 0.6) is 0 Å². The zero-order chi connectivity index (χ0) is 13.0. The van der Waals surface area contributed by atoms with Crippen molar-refractivity contribution in [2.45, 2.75) is 13.3 Å². The zero-order valence-corrected chi connectivity index (χ0v) is 9.84. The first-order valence-electron chi connectivity index (χ1n) is 5.01. The van der Waals surface area contributed by atoms with E-state index in [4.69, 9.17) is 5.84 Å². The maximum Gasteiger partial charge on any atom is 0.316 e. The van der Waals surface area contributed by atoms with Gasteiger partial charge in [0.15, 0.2) is 5.78 Å². The van der Waals surface area contributed by atoms with Crippen molar-refractivity contribution in [3.8, 4) is 0 Å². The molecule has 2 N–H and O–H groups in total. The van der Waals surface area contributed by atoms with Crippen LogP contribution in [0.3, 0.4) is 0 Å². The van der Waals surface area contributed by atoms with Crippen molar-refractivity contribution < 1.29 is 14.3 Å². The molecule has 0 saturated carbocycles. The highest BCUT2D eigenvalue weighted by molar-refractivity contribution is 6.07. The molecule has 0 aliphatic carbocycles. The number of ketones is 1. The molecular formula is C11H15N3O3. The summed E-state index contributed by atoms with van der Waals surface area (Å²) in [6.07, 6.45) is 3.10. The minimum absolute atomic E-state index is 0.155. The van der Waals surface area contributed by atoms with E-state index in [1.54, 1.807) is 13.1 Å². The number of nitrogens with zero attached hydrogens (tertiary/aromatic N) is 2. The molecule has 1 aromatic heterocycles. The Morgan fingerprint density at radius 2 is 2.29 bits per heavy atom. The van der Waals surface area contributed by atoms with E-state index >= 15 is 0 Å². The number of carbonyl (C=O) groups excluding carboxylic acids is 2. The third-order valence-corrected chi connectivity index (χ3v) is 2.29. The molecule has 0 aromatic carbocycles. The Labute approximate surface area is 99.0 Å². The maximum atomic E-state index is 11.8. The van der Waals surface area contributed by atoms with Gasteiger partial charge in [-0.25, -0.2) is 4.98 Å². The van der Waals surface area contributed by atoms with Crippen LogP contribution in [0.15, 0.2) is 24.7 Å². The molecule has 6 heteroatoms. The summed E-state index contributed by atoms with van der Waals surface area (Å²) in [6.45, 7) is 5.09. The molecule has 0 amide bonds. The second-order valence-electron chi connectivity index (χ2n) is 3.74. The number of nitrogen functional groups attached to an aromatic ring is 1. The molecule has 1 aromatic rings. The zero-order valence-electron chi connectivity index (χ0n) is 9.84. The van der Waals surface area contributed by atoms with Gasteiger partial charge in [0.2, 0.25) is 0 Å². The first-order chi connectivity index (χ1) is 7.95. The number of rotatable bonds is 5. The van der Waals surface area contributed by atoms with E-state index in [9.17, 15) is 9.59 Å². The summed E-state index contributed by atoms with van der Waals surface area (Å²) in [6, 6.07) is 0. The lowest BCUT2D eigenvalue weighted by Gasteiger charge is -2.11. The van der Waals surface area contributed by atoms with Crippen molar-refractivity contribution >= 4 is 11.8 Å². The first kappa shape index (κ1) is 13.0. The van der Waals surface area contributed by atoms with E-state index < -0.39 is 11.9 Å². The first-order valence-corrected chi connectivity index (χ1v) is 5.01. The largest absolute Gasteiger partial charge is 0.468 e. The Morgan fingerprint density at radius 3 is 2.71 bits per heavy atom. The molecule has 0 fully saturated rings. The number of methoxy groups -OCH3 is 1. The number of allylic oxidation sites excluding steroid dienone is 1. The van der Waals surface area contributed by atoms with Gasteiger partial charge in [-0.15, -0.1) is 0 Å². The fourth-order valence-corrected chi connectivity index (χ4v) is 1.42. The van der Waals surface area contributed by atoms with Crippen molar-refractivity contribution in [1.82, 2.24) is 9.66 Å². The molecule has 92 valence electrons. The summed E-state index contributed by atoms with van der Waals surface area (Å²) in [7, 11) is 1.24. The third-order valence-electron chi connectivity index (χ3n) is 2.29. The van der Waals surface area contributed by atoms with E-state index in [0.29, 0.717) is 11.3 Å². The Kier molecular flexibility index (Phi) is 4.03. The number of hydrogen-bond acceptors (Lipinski definition) is 5. The molecule has 0 bridgehead atoms. The van der Waals surface area contributed by atoms with Gasteiger partial charge in [-0.1, -0.05) is 6.58 Å². The van der Waals surface area contributed by atoms with Gasteiger partial charge in [-0.05, 0) is 12.5 Å². The summed E-state index contributed by atoms with van der Waals surface area (Å²) in [5.74, 6) is 3.59. The number of imidazole rings is 1. The van der Waals surface area contributed by atoms with Crippen molar-refractivity contribution in [2.24, 2.45) is 5.92 Å². The summed E-state index contributed by atoms with van der Waals surface area (Å²) in [5, 5.41) is 0. The summed E-state index contributed by atoms with van der Waals surface area (Å²) in [5.41, 5.74) is 0.866. The van der Waals surface area contributed by atoms with Crippen LogP contribution in [0.2, 0.25) is 0 Å². The average molecular weight is 237 g/mol. The molecule has 0 spiro atoms. The van der Waals surface area contributed by atoms with Crippen LogP contribution >= 0.6 is 0 Å². The van der Waals surface area contributed by atoms with Crippen LogP contribution in [0.1, 0.15) is 12.6 Å². The van der Waals surface area contributed by atoms with E-state index in [1.165, 1.54) is 18.1 Å². The van der Waals surface area contributed by atoms with Gasteiger partial charge in [0.25, 0.3) is 0 Å². The Morgan fingerprint density at radius 1 is 1.65 bits per heavy atom. The van der Waals surface area contributed by atoms with Gasteiger partial charge < -0.3 is 10.6 Å². The smallest absolute Gasteiger partial charge is 0.316 e. The van der Waals surface area contributed by atoms with Crippen LogP contribution in [-0.2, 0) is 20.7 Å². The lowest BCUT2D eigenvalue weighted by molar-refractivity contribution is -0.148. The lowest BCUT2D eigenvalue weighted by atomic mass is 9.95. The van der Waals surface area contributed by atoms with Crippen LogP contribution in [0.25, 0.3) is 0 Å². The molecule has 1 rings (SSSR count). The Balaban J connectivity index is 2.88. The molecule has 0 aliphatic heterocycles. The predicted molar refractivity (Wildman–Crippen MR) is 61.4 cm³/mol. The van der Waals surface area contributed by atoms with Gasteiger partial charge in [0.1, 0.15) is 12.2 Å². The van der Waals surface area contributed by atoms with E-state index in [1.807, 2.05) is 0 Å². The second-order valence-corrected chi connectivity index (χ2v) is 3.74. The number of Topliss-reactive ketones (excluding diaryl/α,β-unsaturated/α-hetero) is 1. The minimum Gasteiger partial charge on any atom is -0.468 e. The van der Waals surface area contributed by atoms with Crippen molar-refractivity contribution in [3.05, 3.63) is 30.4 Å². The molecular weight excluding hydrogens is 222 g/mol. The van der Waals surface area contributed by atoms with Crippen LogP contribution < -0.4 is 5.84 Å². The predicted octanol–water partition coefficient (Wildman–Crippen LogP) is 0.0738. The highest BCUT2D eigenvalue weighted by Crippen LogP contribution is 2.13. The van der Waals surface area contributed by atoms with Gasteiger partial charge in [0, 0.05) is 12.6 Å². The summed E-state index contributed by atoms with van der Waals surface area (Å²) < 4.78 is 5.85. The molecule has 6 nitrogen and oxygen atoms in total. The molecule has 1 heterocycles. The molecule has 0 aliphatic rings. The fourth-order valence-electron chi connectivity index (χ4n) is 1.42. The van der Waals surface area contributed by atoms with Gasteiger partial charge in [-0.2, -0.15) is 0 Å². The number of carbonyl (C=O) groups is 2. The van der Waals surface area contributed by atoms with Crippen molar-refractivity contribution in [1.29, 1.82) is 0 Å². The van der Waals surface area contributed by atoms with E-state index in [2.05, 4.69) is 16.3 Å². The van der Waals surface area contributed by atoms with Crippen LogP contribution in [0.4, 0.5) is 0 Å². The highest BCUT2D eigenvalue weighted by Gasteiger charge is 2.28. The standard InChI is InChI=1S/C11H15N3O3/c1-7(2)10(15)9(11(16)17-3)4-8-5-14(12)6-13-8/h5-6,9H,1,4,12H2,2-3H3. The van der Waals surface area contributed by atoms with Crippen molar-refractivity contribution in [2.75, 3.05) is 13.0 Å². The fraction of sp³-hybridized carbons (Fsp3) is 0.364. The maximum absolute atomic E-state index is 11.8. The topological polar surface area (TPSA) is 87.2 Å². The molecule has 0 radical (unpaired) electrons. The lowest BCUT2D eigenvalue weighted by Crippen LogP contribution is -2.28. The van der Waals surface area contributed by atoms with E-state index in [0.717, 1.165) is 0 Å². The van der Waals surface area contributed by atoms with Gasteiger partial charge >= 0.3 is 5.97 Å². The Hall–Kier alpha value is -2.11. The highest BCUT2D eigenvalue weighted by atomic mass is 16.5. The number of ether oxygens (including phenoxy) is 1. The number of aromatic nitrogens is 2. The van der Waals surface area contributed by atoms with Gasteiger partial charge in [0.05, 0.1) is 12.8 Å². The van der Waals surface area contributed by atoms with Crippen LogP contribution in [0, 0.1) is 5.92 Å². The number of esters is 1. The molecule has 0 saturated heterocycles. The number of hydrogen-bond donors (Lipinski definition) is 1. The normalized spacial score (nSPS) is 11.9. The van der Waals surface area contributed by atoms with Crippen molar-refractivity contribution in [3.63, 3.8) is 0 Å². The summed E-state index contributed by atoms with van der Waals surface area (Å²) >= 11 is 0. The monoisotopic (exact) mass is 237 g/mol. The van der Waals surface area contributed by atoms with Crippen LogP contribution in [-0.4, -0.2) is 28.5 Å². The molecule has 1 atom stereocenters.